The lowest BCUT2D eigenvalue weighted by atomic mass is 10.0. The minimum Gasteiger partial charge on any atom is -0.322 e. The Labute approximate surface area is 167 Å². The van der Waals surface area contributed by atoms with E-state index in [2.05, 4.69) is 19.2 Å². The Morgan fingerprint density at radius 2 is 1.61 bits per heavy atom. The molecular formula is C22H28N2O3S. The van der Waals surface area contributed by atoms with E-state index in [1.807, 2.05) is 24.3 Å². The average molecular weight is 401 g/mol. The van der Waals surface area contributed by atoms with Gasteiger partial charge in [-0.3, -0.25) is 4.79 Å². The first-order valence-electron chi connectivity index (χ1n) is 9.89. The Morgan fingerprint density at radius 1 is 0.964 bits per heavy atom. The summed E-state index contributed by atoms with van der Waals surface area (Å²) in [5, 5.41) is 2.85. The third-order valence-corrected chi connectivity index (χ3v) is 7.03. The van der Waals surface area contributed by atoms with Gasteiger partial charge in [0.25, 0.3) is 5.91 Å². The van der Waals surface area contributed by atoms with Gasteiger partial charge < -0.3 is 5.32 Å². The van der Waals surface area contributed by atoms with Crippen LogP contribution < -0.4 is 5.32 Å². The van der Waals surface area contributed by atoms with Gasteiger partial charge in [0.2, 0.25) is 10.0 Å². The normalized spacial score (nSPS) is 16.0. The molecule has 2 aromatic carbocycles. The summed E-state index contributed by atoms with van der Waals surface area (Å²) in [6.45, 7) is 5.32. The molecule has 6 heteroatoms. The predicted octanol–water partition coefficient (Wildman–Crippen LogP) is 4.63. The molecular weight excluding hydrogens is 372 g/mol. The smallest absolute Gasteiger partial charge is 0.255 e. The van der Waals surface area contributed by atoms with E-state index in [-0.39, 0.29) is 10.8 Å². The number of rotatable bonds is 5. The average Bonchev–Trinajstić information content (AvgIpc) is 2.98. The van der Waals surface area contributed by atoms with Crippen molar-refractivity contribution >= 4 is 21.6 Å². The van der Waals surface area contributed by atoms with E-state index in [0.717, 1.165) is 25.7 Å². The second-order valence-electron chi connectivity index (χ2n) is 7.58. The number of anilines is 1. The maximum absolute atomic E-state index is 13.0. The molecule has 1 aliphatic rings. The maximum atomic E-state index is 13.0. The first-order valence-corrected chi connectivity index (χ1v) is 11.3. The SMILES string of the molecule is CC(C)c1ccc(NC(=O)c2cccc(S(=O)(=O)N3CCCCCC3)c2)cc1. The molecule has 1 N–H and O–H groups in total. The van der Waals surface area contributed by atoms with Crippen LogP contribution in [0.1, 0.15) is 61.4 Å². The molecule has 0 aliphatic carbocycles. The van der Waals surface area contributed by atoms with Crippen molar-refractivity contribution in [2.45, 2.75) is 50.3 Å². The number of nitrogens with zero attached hydrogens (tertiary/aromatic N) is 1. The van der Waals surface area contributed by atoms with Crippen molar-refractivity contribution in [3.63, 3.8) is 0 Å². The molecule has 1 fully saturated rings. The van der Waals surface area contributed by atoms with Crippen molar-refractivity contribution in [2.75, 3.05) is 18.4 Å². The number of carbonyl (C=O) groups excluding carboxylic acids is 1. The number of nitrogens with one attached hydrogen (secondary N) is 1. The summed E-state index contributed by atoms with van der Waals surface area (Å²) in [6, 6.07) is 14.0. The van der Waals surface area contributed by atoms with Crippen LogP contribution >= 0.6 is 0 Å². The first-order chi connectivity index (χ1) is 13.4. The third-order valence-electron chi connectivity index (χ3n) is 5.13. The van der Waals surface area contributed by atoms with Crippen LogP contribution in [0.15, 0.2) is 53.4 Å². The minimum absolute atomic E-state index is 0.178. The summed E-state index contributed by atoms with van der Waals surface area (Å²) in [6.07, 6.45) is 3.88. The van der Waals surface area contributed by atoms with E-state index in [1.165, 1.54) is 11.6 Å². The van der Waals surface area contributed by atoms with Gasteiger partial charge in [0, 0.05) is 24.3 Å². The highest BCUT2D eigenvalue weighted by atomic mass is 32.2. The highest BCUT2D eigenvalue weighted by Crippen LogP contribution is 2.22. The van der Waals surface area contributed by atoms with Gasteiger partial charge in [0.05, 0.1) is 4.90 Å². The number of sulfonamides is 1. The number of carbonyl (C=O) groups is 1. The van der Waals surface area contributed by atoms with Gasteiger partial charge in [0.1, 0.15) is 0 Å². The van der Waals surface area contributed by atoms with Crippen LogP contribution in [0.3, 0.4) is 0 Å². The zero-order valence-electron chi connectivity index (χ0n) is 16.5. The second kappa shape index (κ2) is 8.88. The van der Waals surface area contributed by atoms with Crippen LogP contribution in [-0.2, 0) is 10.0 Å². The summed E-state index contributed by atoms with van der Waals surface area (Å²) in [4.78, 5) is 12.8. The highest BCUT2D eigenvalue weighted by molar-refractivity contribution is 7.89. The Bertz CT molecular complexity index is 913. The fraction of sp³-hybridized carbons (Fsp3) is 0.409. The fourth-order valence-electron chi connectivity index (χ4n) is 3.38. The van der Waals surface area contributed by atoms with Gasteiger partial charge in [0.15, 0.2) is 0 Å². The lowest BCUT2D eigenvalue weighted by Gasteiger charge is -2.20. The van der Waals surface area contributed by atoms with Crippen molar-refractivity contribution in [3.05, 3.63) is 59.7 Å². The Morgan fingerprint density at radius 3 is 2.21 bits per heavy atom. The molecule has 3 rings (SSSR count). The number of benzene rings is 2. The molecule has 0 bridgehead atoms. The van der Waals surface area contributed by atoms with Gasteiger partial charge in [-0.1, -0.05) is 44.9 Å². The van der Waals surface area contributed by atoms with Gasteiger partial charge >= 0.3 is 0 Å². The van der Waals surface area contributed by atoms with Gasteiger partial charge in [-0.2, -0.15) is 4.31 Å². The molecule has 2 aromatic rings. The molecule has 150 valence electrons. The summed E-state index contributed by atoms with van der Waals surface area (Å²) >= 11 is 0. The molecule has 0 atom stereocenters. The summed E-state index contributed by atoms with van der Waals surface area (Å²) in [5.74, 6) is 0.107. The maximum Gasteiger partial charge on any atom is 0.255 e. The van der Waals surface area contributed by atoms with E-state index in [9.17, 15) is 13.2 Å². The van der Waals surface area contributed by atoms with Gasteiger partial charge in [-0.15, -0.1) is 0 Å². The molecule has 1 heterocycles. The van der Waals surface area contributed by atoms with E-state index in [4.69, 9.17) is 0 Å². The standard InChI is InChI=1S/C22H28N2O3S/c1-17(2)18-10-12-20(13-11-18)23-22(25)19-8-7-9-21(16-19)28(26,27)24-14-5-3-4-6-15-24/h7-13,16-17H,3-6,14-15H2,1-2H3,(H,23,25). The topological polar surface area (TPSA) is 66.5 Å². The summed E-state index contributed by atoms with van der Waals surface area (Å²) in [5.41, 5.74) is 2.22. The zero-order valence-corrected chi connectivity index (χ0v) is 17.3. The van der Waals surface area contributed by atoms with Gasteiger partial charge in [-0.25, -0.2) is 8.42 Å². The van der Waals surface area contributed by atoms with Crippen molar-refractivity contribution in [3.8, 4) is 0 Å². The van der Waals surface area contributed by atoms with Crippen LogP contribution in [-0.4, -0.2) is 31.7 Å². The molecule has 0 unspecified atom stereocenters. The monoisotopic (exact) mass is 400 g/mol. The quantitative estimate of drug-likeness (QED) is 0.796. The van der Waals surface area contributed by atoms with Crippen LogP contribution in [0.25, 0.3) is 0 Å². The van der Waals surface area contributed by atoms with Crippen LogP contribution in [0.2, 0.25) is 0 Å². The minimum atomic E-state index is -3.58. The largest absolute Gasteiger partial charge is 0.322 e. The van der Waals surface area contributed by atoms with Crippen LogP contribution in [0, 0.1) is 0 Å². The lowest BCUT2D eigenvalue weighted by molar-refractivity contribution is 0.102. The first kappa shape index (κ1) is 20.6. The lowest BCUT2D eigenvalue weighted by Crippen LogP contribution is -2.32. The fourth-order valence-corrected chi connectivity index (χ4v) is 4.95. The third kappa shape index (κ3) is 4.80. The van der Waals surface area contributed by atoms with Crippen LogP contribution in [0.4, 0.5) is 5.69 Å². The van der Waals surface area contributed by atoms with Crippen molar-refractivity contribution in [1.82, 2.24) is 4.31 Å². The van der Waals surface area contributed by atoms with E-state index >= 15 is 0 Å². The van der Waals surface area contributed by atoms with E-state index in [0.29, 0.717) is 30.3 Å². The molecule has 0 saturated carbocycles. The Balaban J connectivity index is 1.77. The second-order valence-corrected chi connectivity index (χ2v) is 9.51. The number of hydrogen-bond donors (Lipinski definition) is 1. The molecule has 1 saturated heterocycles. The molecule has 1 amide bonds. The molecule has 5 nitrogen and oxygen atoms in total. The van der Waals surface area contributed by atoms with Crippen molar-refractivity contribution in [1.29, 1.82) is 0 Å². The molecule has 1 aliphatic heterocycles. The highest BCUT2D eigenvalue weighted by Gasteiger charge is 2.25. The van der Waals surface area contributed by atoms with Crippen molar-refractivity contribution < 1.29 is 13.2 Å². The molecule has 0 aromatic heterocycles. The summed E-state index contributed by atoms with van der Waals surface area (Å²) < 4.78 is 27.5. The molecule has 0 spiro atoms. The van der Waals surface area contributed by atoms with Crippen molar-refractivity contribution in [2.24, 2.45) is 0 Å². The molecule has 28 heavy (non-hydrogen) atoms. The van der Waals surface area contributed by atoms with E-state index < -0.39 is 10.0 Å². The molecule has 0 radical (unpaired) electrons. The number of hydrogen-bond acceptors (Lipinski definition) is 3. The van der Waals surface area contributed by atoms with Crippen LogP contribution in [0.5, 0.6) is 0 Å². The number of amides is 1. The Kier molecular flexibility index (Phi) is 6.52. The Hall–Kier alpha value is -2.18. The predicted molar refractivity (Wildman–Crippen MR) is 112 cm³/mol. The zero-order chi connectivity index (χ0) is 20.1. The summed E-state index contributed by atoms with van der Waals surface area (Å²) in [7, 11) is -3.58. The van der Waals surface area contributed by atoms with Gasteiger partial charge in [-0.05, 0) is 54.7 Å². The van der Waals surface area contributed by atoms with E-state index in [1.54, 1.807) is 22.5 Å².